The molecule has 0 radical (unpaired) electrons. The third-order valence-electron chi connectivity index (χ3n) is 16.1. The van der Waals surface area contributed by atoms with E-state index in [1.807, 2.05) is 12.3 Å². The fourth-order valence-corrected chi connectivity index (χ4v) is 13.6. The topological polar surface area (TPSA) is 39.6 Å². The van der Waals surface area contributed by atoms with Gasteiger partial charge in [-0.1, -0.05) is 158 Å². The third kappa shape index (κ3) is 4.50. The van der Waals surface area contributed by atoms with E-state index in [0.717, 1.165) is 25.0 Å². The Morgan fingerprint density at radius 3 is 1.78 bits per heavy atom. The third-order valence-corrected chi connectivity index (χ3v) is 16.1. The number of hydrogen-bond acceptors (Lipinski definition) is 1. The average molecular weight is 861 g/mol. The zero-order chi connectivity index (χ0) is 44.4. The van der Waals surface area contributed by atoms with Gasteiger partial charge in [0.2, 0.25) is 0 Å². The Bertz CT molecular complexity index is 4530. The van der Waals surface area contributed by atoms with Crippen molar-refractivity contribution in [3.05, 3.63) is 199 Å². The molecule has 14 aromatic rings. The van der Waals surface area contributed by atoms with Crippen LogP contribution in [0.5, 0.6) is 0 Å². The fraction of sp³-hybridized carbons (Fsp3) is 0.0455. The summed E-state index contributed by atoms with van der Waals surface area (Å²) >= 11 is 0. The van der Waals surface area contributed by atoms with Gasteiger partial charge in [0.25, 0.3) is 0 Å². The lowest BCUT2D eigenvalue weighted by atomic mass is 9.83. The van der Waals surface area contributed by atoms with Crippen LogP contribution in [0.1, 0.15) is 23.1 Å². The molecule has 314 valence electrons. The van der Waals surface area contributed by atoms with Gasteiger partial charge in [-0.05, 0) is 202 Å². The maximum atomic E-state index is 7.69. The van der Waals surface area contributed by atoms with Gasteiger partial charge in [-0.3, -0.25) is 0 Å². The predicted octanol–water partition coefficient (Wildman–Crippen LogP) is 18.1. The first-order valence-corrected chi connectivity index (χ1v) is 24.0. The monoisotopic (exact) mass is 860 g/mol. The van der Waals surface area contributed by atoms with Crippen molar-refractivity contribution in [2.75, 3.05) is 0 Å². The Hall–Kier alpha value is -8.59. The lowest BCUT2D eigenvalue weighted by Gasteiger charge is -2.19. The number of aromatic nitrogens is 1. The highest BCUT2D eigenvalue weighted by Crippen LogP contribution is 2.59. The van der Waals surface area contributed by atoms with Gasteiger partial charge in [-0.15, -0.1) is 0 Å². The number of aromatic amines is 1. The number of hydrogen-bond donors (Lipinski definition) is 2. The molecule has 0 aliphatic heterocycles. The minimum atomic E-state index is 0.764. The van der Waals surface area contributed by atoms with Crippen LogP contribution in [0.4, 0.5) is 0 Å². The summed E-state index contributed by atoms with van der Waals surface area (Å²) in [6.07, 6.45) is 15.0. The van der Waals surface area contributed by atoms with E-state index >= 15 is 0 Å². The van der Waals surface area contributed by atoms with Crippen LogP contribution in [0, 0.1) is 5.41 Å². The van der Waals surface area contributed by atoms with Crippen molar-refractivity contribution in [2.45, 2.75) is 19.3 Å². The SMILES string of the molecule is N=C/C=C\Cc1ccc(-c2ccc[nH]2)c2c1-c1ccc3c4ccc5c6c(-c7ccccc7)c7cc8c9c(c%10cccc(c7c(-c7ccccc7)c6c6ccc(c7ccc-2c1c37)c4c56)c%108)C=CCC9. The maximum absolute atomic E-state index is 7.69. The van der Waals surface area contributed by atoms with Crippen LogP contribution in [0.15, 0.2) is 182 Å². The summed E-state index contributed by atoms with van der Waals surface area (Å²) in [4.78, 5) is 3.53. The number of fused-ring (bicyclic) bond motifs is 13. The van der Waals surface area contributed by atoms with Crippen molar-refractivity contribution in [1.29, 1.82) is 5.41 Å². The van der Waals surface area contributed by atoms with Gasteiger partial charge >= 0.3 is 0 Å². The van der Waals surface area contributed by atoms with Gasteiger partial charge in [0, 0.05) is 23.7 Å². The summed E-state index contributed by atoms with van der Waals surface area (Å²) in [6, 6.07) is 60.4. The van der Waals surface area contributed by atoms with E-state index in [0.29, 0.717) is 0 Å². The molecule has 0 fully saturated rings. The molecule has 1 heterocycles. The van der Waals surface area contributed by atoms with Gasteiger partial charge in [0.05, 0.1) is 0 Å². The number of aryl methyl sites for hydroxylation is 1. The highest BCUT2D eigenvalue weighted by Gasteiger charge is 2.32. The lowest BCUT2D eigenvalue weighted by Crippen LogP contribution is -1.92. The Kier molecular flexibility index (Phi) is 7.15. The minimum Gasteiger partial charge on any atom is -0.361 e. The smallest absolute Gasteiger partial charge is 0.0460 e. The second-order valence-electron chi connectivity index (χ2n) is 19.2. The Morgan fingerprint density at radius 1 is 0.441 bits per heavy atom. The first-order chi connectivity index (χ1) is 33.8. The number of nitrogens with one attached hydrogen (secondary N) is 2. The summed E-state index contributed by atoms with van der Waals surface area (Å²) < 4.78 is 0. The predicted molar refractivity (Wildman–Crippen MR) is 292 cm³/mol. The van der Waals surface area contributed by atoms with Crippen LogP contribution >= 0.6 is 0 Å². The van der Waals surface area contributed by atoms with Gasteiger partial charge in [0.1, 0.15) is 0 Å². The highest BCUT2D eigenvalue weighted by atomic mass is 14.7. The van der Waals surface area contributed by atoms with Crippen LogP contribution in [-0.4, -0.2) is 11.2 Å². The number of allylic oxidation sites excluding steroid dienone is 3. The first kappa shape index (κ1) is 36.6. The highest BCUT2D eigenvalue weighted by molar-refractivity contribution is 6.48. The van der Waals surface area contributed by atoms with Gasteiger partial charge in [0.15, 0.2) is 0 Å². The van der Waals surface area contributed by atoms with E-state index in [9.17, 15) is 0 Å². The Labute approximate surface area is 391 Å². The molecule has 2 N–H and O–H groups in total. The van der Waals surface area contributed by atoms with Crippen molar-refractivity contribution in [3.8, 4) is 55.8 Å². The molecule has 0 saturated carbocycles. The molecular weight excluding hydrogens is 821 g/mol. The average Bonchev–Trinajstić information content (AvgIpc) is 4.20. The second-order valence-corrected chi connectivity index (χ2v) is 19.2. The Morgan fingerprint density at radius 2 is 1.06 bits per heavy atom. The van der Waals surface area contributed by atoms with Gasteiger partial charge < -0.3 is 10.4 Å². The summed E-state index contributed by atoms with van der Waals surface area (Å²) in [6.45, 7) is 0. The first-order valence-electron chi connectivity index (χ1n) is 24.0. The molecule has 2 nitrogen and oxygen atoms in total. The molecule has 0 atom stereocenters. The largest absolute Gasteiger partial charge is 0.361 e. The molecule has 1 aromatic heterocycles. The summed E-state index contributed by atoms with van der Waals surface area (Å²) in [5.74, 6) is 0. The molecule has 0 unspecified atom stereocenters. The molecule has 13 aromatic carbocycles. The number of H-pyrrole nitrogens is 1. The maximum Gasteiger partial charge on any atom is 0.0460 e. The van der Waals surface area contributed by atoms with E-state index in [2.05, 4.69) is 181 Å². The van der Waals surface area contributed by atoms with Gasteiger partial charge in [-0.25, -0.2) is 0 Å². The van der Waals surface area contributed by atoms with Crippen molar-refractivity contribution in [3.63, 3.8) is 0 Å². The van der Waals surface area contributed by atoms with E-state index in [1.165, 1.54) is 170 Å². The molecule has 2 heteroatoms. The molecule has 2 aliphatic carbocycles. The van der Waals surface area contributed by atoms with Crippen LogP contribution in [0.25, 0.3) is 159 Å². The van der Waals surface area contributed by atoms with Crippen LogP contribution in [0.2, 0.25) is 0 Å². The van der Waals surface area contributed by atoms with E-state index < -0.39 is 0 Å². The number of benzene rings is 11. The Balaban J connectivity index is 1.08. The molecule has 0 amide bonds. The zero-order valence-electron chi connectivity index (χ0n) is 37.1. The fourth-order valence-electron chi connectivity index (χ4n) is 13.6. The molecule has 0 bridgehead atoms. The van der Waals surface area contributed by atoms with Crippen molar-refractivity contribution in [2.24, 2.45) is 0 Å². The van der Waals surface area contributed by atoms with Crippen LogP contribution in [0.3, 0.4) is 0 Å². The van der Waals surface area contributed by atoms with Crippen molar-refractivity contribution in [1.82, 2.24) is 4.98 Å². The van der Waals surface area contributed by atoms with E-state index in [4.69, 9.17) is 5.41 Å². The molecular formula is C66H40N2. The summed E-state index contributed by atoms with van der Waals surface area (Å²) in [5, 5.41) is 31.8. The molecule has 0 spiro atoms. The summed E-state index contributed by atoms with van der Waals surface area (Å²) in [7, 11) is 0. The molecule has 68 heavy (non-hydrogen) atoms. The van der Waals surface area contributed by atoms with Crippen LogP contribution in [-0.2, 0) is 12.8 Å². The minimum absolute atomic E-state index is 0.764. The van der Waals surface area contributed by atoms with Crippen LogP contribution < -0.4 is 0 Å². The molecule has 16 rings (SSSR count). The van der Waals surface area contributed by atoms with Crippen molar-refractivity contribution < 1.29 is 0 Å². The van der Waals surface area contributed by atoms with E-state index in [-0.39, 0.29) is 0 Å². The van der Waals surface area contributed by atoms with Gasteiger partial charge in [-0.2, -0.15) is 0 Å². The normalized spacial score (nSPS) is 13.5. The van der Waals surface area contributed by atoms with E-state index in [1.54, 1.807) is 0 Å². The second kappa shape index (κ2) is 13.3. The number of rotatable bonds is 6. The molecule has 0 saturated heterocycles. The molecule has 2 aliphatic rings. The standard InChI is InChI=1S/C66H40N2/c67-33-10-9-17-38-23-24-46(54-22-12-34-68-54)61-49-30-26-43-45-28-32-51-63-50(31-27-44(60(45)63)42-25-29-48(55(38)61)62(49)59(42)43)65-56(36-13-3-1-4-14-36)53-35-52-40-19-8-7-18-39(40)41-20-11-21-47(58(41)52)64(53)57(66(51)65)37-15-5-2-6-16-37/h1-7,9-16,18,20-35,67-68H,8,17,19H2/b10-9-,67-33?. The lowest BCUT2D eigenvalue weighted by molar-refractivity contribution is 1.00. The quantitative estimate of drug-likeness (QED) is 0.0950. The zero-order valence-corrected chi connectivity index (χ0v) is 37.1. The van der Waals surface area contributed by atoms with Crippen molar-refractivity contribution >= 4 is 109 Å². The summed E-state index contributed by atoms with van der Waals surface area (Å²) in [5.41, 5.74) is 16.9.